The predicted octanol–water partition coefficient (Wildman–Crippen LogP) is 1.08. The van der Waals surface area contributed by atoms with Gasteiger partial charge in [0.05, 0.1) is 0 Å². The summed E-state index contributed by atoms with van der Waals surface area (Å²) in [6.45, 7) is 2.49. The molecule has 4 nitrogen and oxygen atoms in total. The van der Waals surface area contributed by atoms with Gasteiger partial charge in [-0.2, -0.15) is 0 Å². The van der Waals surface area contributed by atoms with Crippen LogP contribution in [-0.4, -0.2) is 28.6 Å². The first-order valence-corrected chi connectivity index (χ1v) is 5.10. The third kappa shape index (κ3) is 4.08. The Kier molecular flexibility index (Phi) is 4.77. The van der Waals surface area contributed by atoms with E-state index in [1.54, 1.807) is 6.20 Å². The molecule has 0 radical (unpaired) electrons. The summed E-state index contributed by atoms with van der Waals surface area (Å²) >= 11 is 0. The molecule has 82 valence electrons. The Hall–Kier alpha value is -1.42. The Morgan fingerprint density at radius 1 is 1.60 bits per heavy atom. The van der Waals surface area contributed by atoms with Crippen LogP contribution in [0.4, 0.5) is 0 Å². The third-order valence-corrected chi connectivity index (χ3v) is 2.20. The molecule has 1 aromatic heterocycles. The number of aliphatic carboxylic acids is 1. The van der Waals surface area contributed by atoms with Crippen molar-refractivity contribution in [1.82, 2.24) is 10.3 Å². The SMILES string of the molecule is CCC(NCCc1ccccn1)C(=O)O. The van der Waals surface area contributed by atoms with Gasteiger partial charge in [-0.05, 0) is 18.6 Å². The van der Waals surface area contributed by atoms with Gasteiger partial charge >= 0.3 is 5.97 Å². The van der Waals surface area contributed by atoms with Crippen LogP contribution < -0.4 is 5.32 Å². The Morgan fingerprint density at radius 3 is 2.93 bits per heavy atom. The highest BCUT2D eigenvalue weighted by molar-refractivity contribution is 5.73. The number of carbonyl (C=O) groups is 1. The minimum absolute atomic E-state index is 0.450. The molecular formula is C11H16N2O2. The highest BCUT2D eigenvalue weighted by atomic mass is 16.4. The number of carboxylic acid groups (broad SMARTS) is 1. The zero-order valence-electron chi connectivity index (χ0n) is 8.81. The fraction of sp³-hybridized carbons (Fsp3) is 0.455. The van der Waals surface area contributed by atoms with Crippen LogP contribution in [-0.2, 0) is 11.2 Å². The molecule has 0 aliphatic heterocycles. The van der Waals surface area contributed by atoms with Crippen molar-refractivity contribution in [3.63, 3.8) is 0 Å². The van der Waals surface area contributed by atoms with E-state index in [-0.39, 0.29) is 0 Å². The molecule has 0 saturated heterocycles. The van der Waals surface area contributed by atoms with Gasteiger partial charge in [0, 0.05) is 24.9 Å². The molecule has 1 rings (SSSR count). The lowest BCUT2D eigenvalue weighted by Gasteiger charge is -2.11. The van der Waals surface area contributed by atoms with Gasteiger partial charge in [-0.15, -0.1) is 0 Å². The summed E-state index contributed by atoms with van der Waals surface area (Å²) in [6, 6.07) is 5.28. The largest absolute Gasteiger partial charge is 0.480 e. The molecule has 0 aliphatic carbocycles. The lowest BCUT2D eigenvalue weighted by atomic mass is 10.2. The number of hydrogen-bond acceptors (Lipinski definition) is 3. The van der Waals surface area contributed by atoms with Crippen molar-refractivity contribution in [2.45, 2.75) is 25.8 Å². The van der Waals surface area contributed by atoms with Crippen LogP contribution in [0.5, 0.6) is 0 Å². The topological polar surface area (TPSA) is 62.2 Å². The Labute approximate surface area is 89.3 Å². The number of carboxylic acids is 1. The van der Waals surface area contributed by atoms with E-state index in [4.69, 9.17) is 5.11 Å². The van der Waals surface area contributed by atoms with Crippen LogP contribution in [0, 0.1) is 0 Å². The minimum Gasteiger partial charge on any atom is -0.480 e. The van der Waals surface area contributed by atoms with Crippen LogP contribution in [0.3, 0.4) is 0 Å². The molecule has 1 aromatic rings. The minimum atomic E-state index is -0.793. The van der Waals surface area contributed by atoms with Crippen LogP contribution in [0.2, 0.25) is 0 Å². The highest BCUT2D eigenvalue weighted by Gasteiger charge is 2.12. The Balaban J connectivity index is 2.30. The third-order valence-electron chi connectivity index (χ3n) is 2.20. The maximum absolute atomic E-state index is 10.7. The van der Waals surface area contributed by atoms with E-state index in [0.717, 1.165) is 12.1 Å². The number of hydrogen-bond donors (Lipinski definition) is 2. The zero-order chi connectivity index (χ0) is 11.1. The lowest BCUT2D eigenvalue weighted by molar-refractivity contribution is -0.139. The van der Waals surface area contributed by atoms with E-state index in [1.807, 2.05) is 25.1 Å². The molecule has 0 fully saturated rings. The fourth-order valence-corrected chi connectivity index (χ4v) is 1.33. The lowest BCUT2D eigenvalue weighted by Crippen LogP contribution is -2.37. The van der Waals surface area contributed by atoms with Crippen LogP contribution in [0.1, 0.15) is 19.0 Å². The first kappa shape index (κ1) is 11.7. The molecular weight excluding hydrogens is 192 g/mol. The maximum atomic E-state index is 10.7. The van der Waals surface area contributed by atoms with Gasteiger partial charge < -0.3 is 10.4 Å². The predicted molar refractivity (Wildman–Crippen MR) is 57.7 cm³/mol. The molecule has 1 atom stereocenters. The quantitative estimate of drug-likeness (QED) is 0.734. The van der Waals surface area contributed by atoms with Crippen molar-refractivity contribution in [2.24, 2.45) is 0 Å². The van der Waals surface area contributed by atoms with Gasteiger partial charge in [0.1, 0.15) is 6.04 Å². The number of aromatic nitrogens is 1. The van der Waals surface area contributed by atoms with Crippen molar-refractivity contribution < 1.29 is 9.90 Å². The number of nitrogens with one attached hydrogen (secondary N) is 1. The molecule has 2 N–H and O–H groups in total. The van der Waals surface area contributed by atoms with E-state index in [2.05, 4.69) is 10.3 Å². The van der Waals surface area contributed by atoms with Crippen LogP contribution in [0.25, 0.3) is 0 Å². The summed E-state index contributed by atoms with van der Waals surface area (Å²) < 4.78 is 0. The van der Waals surface area contributed by atoms with Crippen LogP contribution in [0.15, 0.2) is 24.4 Å². The zero-order valence-corrected chi connectivity index (χ0v) is 8.81. The molecule has 0 spiro atoms. The first-order chi connectivity index (χ1) is 7.24. The monoisotopic (exact) mass is 208 g/mol. The van der Waals surface area contributed by atoms with Gasteiger partial charge in [-0.3, -0.25) is 9.78 Å². The fourth-order valence-electron chi connectivity index (χ4n) is 1.33. The average molecular weight is 208 g/mol. The number of pyridine rings is 1. The van der Waals surface area contributed by atoms with E-state index in [1.165, 1.54) is 0 Å². The summed E-state index contributed by atoms with van der Waals surface area (Å²) in [4.78, 5) is 14.9. The standard InChI is InChI=1S/C11H16N2O2/c1-2-10(11(14)15)13-8-6-9-5-3-4-7-12-9/h3-5,7,10,13H,2,6,8H2,1H3,(H,14,15). The van der Waals surface area contributed by atoms with E-state index >= 15 is 0 Å². The molecule has 1 heterocycles. The summed E-state index contributed by atoms with van der Waals surface area (Å²) in [5.74, 6) is -0.793. The second kappa shape index (κ2) is 6.14. The van der Waals surface area contributed by atoms with Crippen molar-refractivity contribution in [3.05, 3.63) is 30.1 Å². The smallest absolute Gasteiger partial charge is 0.320 e. The van der Waals surface area contributed by atoms with E-state index in [0.29, 0.717) is 13.0 Å². The normalized spacial score (nSPS) is 12.3. The molecule has 1 unspecified atom stereocenters. The van der Waals surface area contributed by atoms with E-state index in [9.17, 15) is 4.79 Å². The highest BCUT2D eigenvalue weighted by Crippen LogP contribution is 1.95. The van der Waals surface area contributed by atoms with Gasteiger partial charge in [-0.1, -0.05) is 13.0 Å². The van der Waals surface area contributed by atoms with Crippen molar-refractivity contribution >= 4 is 5.97 Å². The van der Waals surface area contributed by atoms with Gasteiger partial charge in [-0.25, -0.2) is 0 Å². The summed E-state index contributed by atoms with van der Waals surface area (Å²) in [6.07, 6.45) is 3.09. The molecule has 4 heteroatoms. The van der Waals surface area contributed by atoms with Crippen molar-refractivity contribution in [3.8, 4) is 0 Å². The van der Waals surface area contributed by atoms with Crippen molar-refractivity contribution in [2.75, 3.05) is 6.54 Å². The van der Waals surface area contributed by atoms with Crippen molar-refractivity contribution in [1.29, 1.82) is 0 Å². The second-order valence-electron chi connectivity index (χ2n) is 3.32. The van der Waals surface area contributed by atoms with Gasteiger partial charge in [0.25, 0.3) is 0 Å². The molecule has 0 saturated carbocycles. The summed E-state index contributed by atoms with van der Waals surface area (Å²) in [5, 5.41) is 11.8. The van der Waals surface area contributed by atoms with Gasteiger partial charge in [0.2, 0.25) is 0 Å². The second-order valence-corrected chi connectivity index (χ2v) is 3.32. The molecule has 0 amide bonds. The molecule has 0 aromatic carbocycles. The molecule has 0 aliphatic rings. The average Bonchev–Trinajstić information content (AvgIpc) is 2.25. The number of rotatable bonds is 6. The summed E-state index contributed by atoms with van der Waals surface area (Å²) in [5.41, 5.74) is 0.977. The van der Waals surface area contributed by atoms with Gasteiger partial charge in [0.15, 0.2) is 0 Å². The molecule has 0 bridgehead atoms. The Bertz CT molecular complexity index is 301. The number of nitrogens with zero attached hydrogens (tertiary/aromatic N) is 1. The summed E-state index contributed by atoms with van der Waals surface area (Å²) in [7, 11) is 0. The first-order valence-electron chi connectivity index (χ1n) is 5.10. The maximum Gasteiger partial charge on any atom is 0.320 e. The van der Waals surface area contributed by atoms with E-state index < -0.39 is 12.0 Å². The van der Waals surface area contributed by atoms with Crippen LogP contribution >= 0.6 is 0 Å². The Morgan fingerprint density at radius 2 is 2.40 bits per heavy atom. The molecule has 15 heavy (non-hydrogen) atoms.